The van der Waals surface area contributed by atoms with Gasteiger partial charge in [-0.05, 0) is 82.8 Å². The largest absolute Gasteiger partial charge is 0.380 e. The Kier molecular flexibility index (Phi) is 3.97. The summed E-state index contributed by atoms with van der Waals surface area (Å²) in [5.74, 6) is 0. The van der Waals surface area contributed by atoms with Crippen molar-refractivity contribution >= 4 is 0 Å². The number of rotatable bonds is 3. The molecular weight excluding hydrogens is 304 g/mol. The molecule has 0 atom stereocenters. The first kappa shape index (κ1) is 16.1. The zero-order valence-corrected chi connectivity index (χ0v) is 15.4. The van der Waals surface area contributed by atoms with Crippen LogP contribution in [0.15, 0.2) is 48.5 Å². The Labute approximate surface area is 150 Å². The molecule has 0 unspecified atom stereocenters. The molecule has 4 rings (SSSR count). The lowest BCUT2D eigenvalue weighted by atomic mass is 9.86. The molecule has 0 heterocycles. The molecule has 1 aliphatic carbocycles. The van der Waals surface area contributed by atoms with Crippen molar-refractivity contribution in [3.8, 4) is 22.3 Å². The van der Waals surface area contributed by atoms with Gasteiger partial charge in [0.15, 0.2) is 0 Å². The molecule has 0 N–H and O–H groups in total. The highest BCUT2D eigenvalue weighted by Crippen LogP contribution is 2.45. The smallest absolute Gasteiger partial charge is 0.0715 e. The number of ether oxygens (including phenoxy) is 1. The summed E-state index contributed by atoms with van der Waals surface area (Å²) >= 11 is 0. The molecule has 3 aromatic rings. The molecule has 1 aliphatic rings. The van der Waals surface area contributed by atoms with Crippen molar-refractivity contribution in [3.05, 3.63) is 81.9 Å². The van der Waals surface area contributed by atoms with Crippen molar-refractivity contribution in [2.75, 3.05) is 7.11 Å². The van der Waals surface area contributed by atoms with E-state index in [-0.39, 0.29) is 0 Å². The Morgan fingerprint density at radius 1 is 0.840 bits per heavy atom. The Hall–Kier alpha value is -2.38. The average molecular weight is 328 g/mol. The molecule has 3 aromatic carbocycles. The Morgan fingerprint density at radius 3 is 2.40 bits per heavy atom. The van der Waals surface area contributed by atoms with Gasteiger partial charge in [0.1, 0.15) is 0 Å². The van der Waals surface area contributed by atoms with E-state index in [2.05, 4.69) is 69.3 Å². The van der Waals surface area contributed by atoms with Crippen molar-refractivity contribution in [2.45, 2.75) is 33.8 Å². The van der Waals surface area contributed by atoms with Crippen LogP contribution in [0.1, 0.15) is 33.4 Å². The van der Waals surface area contributed by atoms with Gasteiger partial charge in [-0.1, -0.05) is 48.5 Å². The number of benzene rings is 3. The molecule has 0 aliphatic heterocycles. The average Bonchev–Trinajstić information content (AvgIpc) is 2.97. The maximum absolute atomic E-state index is 5.40. The molecule has 0 aromatic heterocycles. The molecule has 0 saturated carbocycles. The maximum Gasteiger partial charge on any atom is 0.0715 e. The van der Waals surface area contributed by atoms with Gasteiger partial charge in [0.2, 0.25) is 0 Å². The third-order valence-electron chi connectivity index (χ3n) is 5.64. The second kappa shape index (κ2) is 6.16. The molecule has 25 heavy (non-hydrogen) atoms. The van der Waals surface area contributed by atoms with Gasteiger partial charge in [0.05, 0.1) is 6.61 Å². The lowest BCUT2D eigenvalue weighted by Crippen LogP contribution is -1.99. The van der Waals surface area contributed by atoms with Crippen LogP contribution in [0, 0.1) is 20.8 Å². The Bertz CT molecular complexity index is 966. The van der Waals surface area contributed by atoms with Crippen LogP contribution in [0.2, 0.25) is 0 Å². The van der Waals surface area contributed by atoms with Crippen molar-refractivity contribution in [1.29, 1.82) is 0 Å². The monoisotopic (exact) mass is 328 g/mol. The number of fused-ring (bicyclic) bond motifs is 3. The third-order valence-corrected chi connectivity index (χ3v) is 5.64. The summed E-state index contributed by atoms with van der Waals surface area (Å²) in [6.45, 7) is 7.37. The Morgan fingerprint density at radius 2 is 1.60 bits per heavy atom. The predicted molar refractivity (Wildman–Crippen MR) is 105 cm³/mol. The quantitative estimate of drug-likeness (QED) is 0.448. The molecule has 0 spiro atoms. The first-order chi connectivity index (χ1) is 12.1. The van der Waals surface area contributed by atoms with E-state index in [1.807, 2.05) is 0 Å². The minimum absolute atomic E-state index is 0.660. The topological polar surface area (TPSA) is 9.23 Å². The molecule has 0 amide bonds. The van der Waals surface area contributed by atoms with Crippen LogP contribution in [0.4, 0.5) is 0 Å². The number of methoxy groups -OCH3 is 1. The SMILES string of the molecule is COCc1cccc(-c2c(C)c(C)cc3c2Cc2ccccc2-3)c1C. The summed E-state index contributed by atoms with van der Waals surface area (Å²) in [6, 6.07) is 17.8. The van der Waals surface area contributed by atoms with Crippen LogP contribution < -0.4 is 0 Å². The minimum Gasteiger partial charge on any atom is -0.380 e. The summed E-state index contributed by atoms with van der Waals surface area (Å²) in [5, 5.41) is 0. The summed E-state index contributed by atoms with van der Waals surface area (Å²) in [4.78, 5) is 0. The van der Waals surface area contributed by atoms with Gasteiger partial charge < -0.3 is 4.74 Å². The highest BCUT2D eigenvalue weighted by molar-refractivity contribution is 5.88. The van der Waals surface area contributed by atoms with Gasteiger partial charge in [-0.2, -0.15) is 0 Å². The third kappa shape index (κ3) is 2.51. The molecule has 0 radical (unpaired) electrons. The fourth-order valence-electron chi connectivity index (χ4n) is 4.15. The van der Waals surface area contributed by atoms with Crippen LogP contribution in [0.25, 0.3) is 22.3 Å². The Balaban J connectivity index is 1.99. The van der Waals surface area contributed by atoms with E-state index in [0.717, 1.165) is 6.42 Å². The van der Waals surface area contributed by atoms with Crippen molar-refractivity contribution < 1.29 is 4.74 Å². The van der Waals surface area contributed by atoms with Gasteiger partial charge in [-0.25, -0.2) is 0 Å². The number of hydrogen-bond donors (Lipinski definition) is 0. The van der Waals surface area contributed by atoms with Gasteiger partial charge in [-0.3, -0.25) is 0 Å². The van der Waals surface area contributed by atoms with Gasteiger partial charge in [-0.15, -0.1) is 0 Å². The number of aryl methyl sites for hydroxylation is 1. The second-order valence-corrected chi connectivity index (χ2v) is 7.08. The summed E-state index contributed by atoms with van der Waals surface area (Å²) in [7, 11) is 1.76. The van der Waals surface area contributed by atoms with E-state index in [9.17, 15) is 0 Å². The minimum atomic E-state index is 0.660. The van der Waals surface area contributed by atoms with E-state index in [0.29, 0.717) is 6.61 Å². The van der Waals surface area contributed by atoms with E-state index in [1.165, 1.54) is 55.6 Å². The zero-order valence-electron chi connectivity index (χ0n) is 15.4. The molecular formula is C24H24O. The lowest BCUT2D eigenvalue weighted by Gasteiger charge is -2.19. The van der Waals surface area contributed by atoms with Crippen LogP contribution in [-0.2, 0) is 17.8 Å². The molecule has 0 bridgehead atoms. The van der Waals surface area contributed by atoms with Gasteiger partial charge in [0, 0.05) is 7.11 Å². The molecule has 126 valence electrons. The predicted octanol–water partition coefficient (Wildman–Crippen LogP) is 6.00. The first-order valence-corrected chi connectivity index (χ1v) is 8.91. The summed E-state index contributed by atoms with van der Waals surface area (Å²) < 4.78 is 5.40. The maximum atomic E-state index is 5.40. The van der Waals surface area contributed by atoms with Crippen LogP contribution in [0.3, 0.4) is 0 Å². The normalized spacial score (nSPS) is 12.2. The standard InChI is InChI=1S/C24H24O/c1-15-12-22-21-10-6-5-8-18(21)13-23(22)24(16(15)2)20-11-7-9-19(14-25-4)17(20)3/h5-12H,13-14H2,1-4H3. The molecule has 0 fully saturated rings. The van der Waals surface area contributed by atoms with E-state index in [4.69, 9.17) is 4.74 Å². The second-order valence-electron chi connectivity index (χ2n) is 7.08. The van der Waals surface area contributed by atoms with Crippen molar-refractivity contribution in [2.24, 2.45) is 0 Å². The summed E-state index contributed by atoms with van der Waals surface area (Å²) in [6.07, 6.45) is 1.02. The van der Waals surface area contributed by atoms with Crippen LogP contribution >= 0.6 is 0 Å². The highest BCUT2D eigenvalue weighted by atomic mass is 16.5. The van der Waals surface area contributed by atoms with E-state index in [1.54, 1.807) is 7.11 Å². The van der Waals surface area contributed by atoms with Gasteiger partial charge >= 0.3 is 0 Å². The van der Waals surface area contributed by atoms with Crippen molar-refractivity contribution in [3.63, 3.8) is 0 Å². The number of hydrogen-bond acceptors (Lipinski definition) is 1. The molecule has 0 saturated heterocycles. The van der Waals surface area contributed by atoms with E-state index < -0.39 is 0 Å². The van der Waals surface area contributed by atoms with Gasteiger partial charge in [0.25, 0.3) is 0 Å². The first-order valence-electron chi connectivity index (χ1n) is 8.91. The lowest BCUT2D eigenvalue weighted by molar-refractivity contribution is 0.184. The molecule has 1 heteroatoms. The fourth-order valence-corrected chi connectivity index (χ4v) is 4.15. The van der Waals surface area contributed by atoms with Crippen molar-refractivity contribution in [1.82, 2.24) is 0 Å². The fraction of sp³-hybridized carbons (Fsp3) is 0.250. The highest BCUT2D eigenvalue weighted by Gasteiger charge is 2.24. The van der Waals surface area contributed by atoms with E-state index >= 15 is 0 Å². The van der Waals surface area contributed by atoms with Crippen LogP contribution in [0.5, 0.6) is 0 Å². The van der Waals surface area contributed by atoms with Crippen LogP contribution in [-0.4, -0.2) is 7.11 Å². The summed E-state index contributed by atoms with van der Waals surface area (Å²) in [5.41, 5.74) is 13.8. The zero-order chi connectivity index (χ0) is 17.6. The molecule has 1 nitrogen and oxygen atoms in total.